The molecule has 3 heterocycles. The summed E-state index contributed by atoms with van der Waals surface area (Å²) in [5, 5.41) is 14.4. The Hall–Kier alpha value is -4.29. The van der Waals surface area contributed by atoms with Gasteiger partial charge in [-0.25, -0.2) is 0 Å². The number of alkyl halides is 1. The molecule has 3 fully saturated rings. The number of esters is 1. The van der Waals surface area contributed by atoms with Crippen LogP contribution in [0.5, 0.6) is 0 Å². The van der Waals surface area contributed by atoms with Crippen molar-refractivity contribution in [1.29, 1.82) is 0 Å². The minimum Gasteiger partial charge on any atom is -0.455 e. The van der Waals surface area contributed by atoms with Crippen molar-refractivity contribution in [3.63, 3.8) is 0 Å². The number of fused-ring (bicyclic) bond motifs is 1. The van der Waals surface area contributed by atoms with E-state index in [9.17, 15) is 14.7 Å². The summed E-state index contributed by atoms with van der Waals surface area (Å²) >= 11 is 9.95. The van der Waals surface area contributed by atoms with Crippen LogP contribution in [0, 0.1) is 11.8 Å². The van der Waals surface area contributed by atoms with Crippen molar-refractivity contribution < 1.29 is 33.8 Å². The van der Waals surface area contributed by atoms with Gasteiger partial charge >= 0.3 is 5.97 Å². The third kappa shape index (κ3) is 7.64. The van der Waals surface area contributed by atoms with Gasteiger partial charge in [-0.3, -0.25) is 19.2 Å². The Morgan fingerprint density at radius 2 is 1.74 bits per heavy atom. The molecule has 3 aliphatic rings. The number of ether oxygens (including phenoxy) is 2. The summed E-state index contributed by atoms with van der Waals surface area (Å²) < 4.78 is 13.1. The predicted molar refractivity (Wildman–Crippen MR) is 210 cm³/mol. The lowest BCUT2D eigenvalue weighted by Crippen LogP contribution is -2.59. The van der Waals surface area contributed by atoms with Gasteiger partial charge in [0.1, 0.15) is 17.7 Å². The molecule has 54 heavy (non-hydrogen) atoms. The standard InChI is InChI=1S/C42H45BrClN3O7/c1-4-6-17-33(49)45-26(3)36(28-15-11-8-12-16-28)53-41(52)34-35-39(50)47(31(25-48)23-27-13-9-7-10-14-27)38(42(35)24-32(43)37(34)54-42)40(51)46(22-5-2)30-20-18-29(44)19-21-30/h4-5,7-16,18-21,26,31-32,34-38,48H,1-2,6,17,22-25H2,3H3,(H,45,49)/t26-,31+,32?,34-,35+,36-,37-,38-,42+/m0/s1. The number of likely N-dealkylation sites (tertiary alicyclic amines) is 1. The summed E-state index contributed by atoms with van der Waals surface area (Å²) in [6, 6.07) is 22.7. The van der Waals surface area contributed by atoms with E-state index in [1.54, 1.807) is 43.3 Å². The molecule has 2 N–H and O–H groups in total. The Morgan fingerprint density at radius 3 is 2.37 bits per heavy atom. The van der Waals surface area contributed by atoms with Crippen LogP contribution in [0.4, 0.5) is 5.69 Å². The highest BCUT2D eigenvalue weighted by molar-refractivity contribution is 9.09. The van der Waals surface area contributed by atoms with Crippen LogP contribution in [0.15, 0.2) is 110 Å². The zero-order valence-corrected chi connectivity index (χ0v) is 32.4. The highest BCUT2D eigenvalue weighted by atomic mass is 79.9. The number of hydrogen-bond acceptors (Lipinski definition) is 7. The lowest BCUT2D eigenvalue weighted by atomic mass is 9.70. The van der Waals surface area contributed by atoms with E-state index in [1.807, 2.05) is 60.7 Å². The van der Waals surface area contributed by atoms with E-state index < -0.39 is 77.0 Å². The summed E-state index contributed by atoms with van der Waals surface area (Å²) in [5.74, 6) is -3.99. The molecule has 0 aromatic heterocycles. The molecular formula is C42H45BrClN3O7. The van der Waals surface area contributed by atoms with Gasteiger partial charge in [-0.15, -0.1) is 13.2 Å². The van der Waals surface area contributed by atoms with Gasteiger partial charge in [-0.1, -0.05) is 100 Å². The van der Waals surface area contributed by atoms with Gasteiger partial charge in [0.15, 0.2) is 0 Å². The Labute approximate surface area is 329 Å². The van der Waals surface area contributed by atoms with Gasteiger partial charge in [-0.05, 0) is 61.6 Å². The highest BCUT2D eigenvalue weighted by Gasteiger charge is 2.77. The number of hydrogen-bond donors (Lipinski definition) is 2. The van der Waals surface area contributed by atoms with Crippen molar-refractivity contribution in [1.82, 2.24) is 10.2 Å². The van der Waals surface area contributed by atoms with E-state index in [4.69, 9.17) is 21.1 Å². The maximum atomic E-state index is 15.1. The zero-order chi connectivity index (χ0) is 38.6. The van der Waals surface area contributed by atoms with E-state index in [1.165, 1.54) is 9.80 Å². The molecule has 2 bridgehead atoms. The molecule has 284 valence electrons. The second kappa shape index (κ2) is 17.0. The normalized spacial score (nSPS) is 25.7. The fourth-order valence-corrected chi connectivity index (χ4v) is 9.38. The first-order valence-electron chi connectivity index (χ1n) is 18.2. The first kappa shape index (κ1) is 39.4. The Morgan fingerprint density at radius 1 is 1.07 bits per heavy atom. The number of allylic oxidation sites excluding steroid dienone is 1. The number of aliphatic hydroxyl groups is 1. The van der Waals surface area contributed by atoms with E-state index in [0.29, 0.717) is 22.7 Å². The van der Waals surface area contributed by atoms with Crippen molar-refractivity contribution in [2.75, 3.05) is 18.1 Å². The van der Waals surface area contributed by atoms with Crippen molar-refractivity contribution in [2.45, 2.75) is 73.4 Å². The van der Waals surface area contributed by atoms with E-state index in [-0.39, 0.29) is 31.7 Å². The van der Waals surface area contributed by atoms with Gasteiger partial charge in [0.05, 0.1) is 36.6 Å². The van der Waals surface area contributed by atoms with E-state index in [2.05, 4.69) is 34.4 Å². The summed E-state index contributed by atoms with van der Waals surface area (Å²) in [6.07, 6.45) is 2.81. The molecule has 1 spiro atoms. The van der Waals surface area contributed by atoms with E-state index >= 15 is 9.59 Å². The first-order valence-corrected chi connectivity index (χ1v) is 19.5. The van der Waals surface area contributed by atoms with Crippen molar-refractivity contribution in [3.05, 3.63) is 126 Å². The molecule has 3 aromatic carbocycles. The van der Waals surface area contributed by atoms with Crippen LogP contribution in [-0.4, -0.2) is 81.5 Å². The quantitative estimate of drug-likeness (QED) is 0.104. The second-order valence-corrected chi connectivity index (χ2v) is 15.7. The highest BCUT2D eigenvalue weighted by Crippen LogP contribution is 2.61. The maximum absolute atomic E-state index is 15.1. The van der Waals surface area contributed by atoms with Crippen LogP contribution in [0.1, 0.15) is 43.4 Å². The summed E-state index contributed by atoms with van der Waals surface area (Å²) in [5.41, 5.74) is 0.628. The molecule has 3 aliphatic heterocycles. The monoisotopic (exact) mass is 817 g/mol. The summed E-state index contributed by atoms with van der Waals surface area (Å²) in [4.78, 5) is 60.1. The lowest BCUT2D eigenvalue weighted by molar-refractivity contribution is -0.162. The molecule has 10 nitrogen and oxygen atoms in total. The number of nitrogens with zero attached hydrogens (tertiary/aromatic N) is 2. The van der Waals surface area contributed by atoms with Crippen LogP contribution in [-0.2, 0) is 35.1 Å². The molecule has 1 unspecified atom stereocenters. The number of anilines is 1. The molecule has 12 heteroatoms. The van der Waals surface area contributed by atoms with Crippen LogP contribution < -0.4 is 10.2 Å². The Balaban J connectivity index is 1.40. The molecule has 9 atom stereocenters. The van der Waals surface area contributed by atoms with Crippen LogP contribution in [0.3, 0.4) is 0 Å². The topological polar surface area (TPSA) is 125 Å². The maximum Gasteiger partial charge on any atom is 0.313 e. The third-order valence-electron chi connectivity index (χ3n) is 10.7. The molecule has 3 saturated heterocycles. The second-order valence-electron chi connectivity index (χ2n) is 14.1. The molecule has 0 aliphatic carbocycles. The average Bonchev–Trinajstić information content (AvgIpc) is 3.78. The van der Waals surface area contributed by atoms with Crippen molar-refractivity contribution >= 4 is 56.9 Å². The van der Waals surface area contributed by atoms with Crippen LogP contribution >= 0.6 is 27.5 Å². The first-order chi connectivity index (χ1) is 26.0. The number of rotatable bonds is 16. The predicted octanol–water partition coefficient (Wildman–Crippen LogP) is 5.97. The zero-order valence-electron chi connectivity index (χ0n) is 30.1. The summed E-state index contributed by atoms with van der Waals surface area (Å²) in [6.45, 7) is 9.01. The molecule has 0 saturated carbocycles. The largest absolute Gasteiger partial charge is 0.455 e. The van der Waals surface area contributed by atoms with Crippen LogP contribution in [0.25, 0.3) is 0 Å². The number of amides is 3. The smallest absolute Gasteiger partial charge is 0.313 e. The molecule has 3 aromatic rings. The third-order valence-corrected chi connectivity index (χ3v) is 11.8. The number of halogens is 2. The Kier molecular flexibility index (Phi) is 12.4. The fourth-order valence-electron chi connectivity index (χ4n) is 8.31. The van der Waals surface area contributed by atoms with Crippen molar-refractivity contribution in [3.8, 4) is 0 Å². The number of carbonyl (C=O) groups is 4. The van der Waals surface area contributed by atoms with E-state index in [0.717, 1.165) is 5.56 Å². The van der Waals surface area contributed by atoms with Gasteiger partial charge in [-0.2, -0.15) is 0 Å². The van der Waals surface area contributed by atoms with Gasteiger partial charge < -0.3 is 29.7 Å². The van der Waals surface area contributed by atoms with Gasteiger partial charge in [0.25, 0.3) is 5.91 Å². The molecule has 6 rings (SSSR count). The van der Waals surface area contributed by atoms with Crippen LogP contribution in [0.2, 0.25) is 5.02 Å². The molecule has 3 amide bonds. The number of carbonyl (C=O) groups excluding carboxylic acids is 4. The Bertz CT molecular complexity index is 1850. The molecular weight excluding hydrogens is 774 g/mol. The SMILES string of the molecule is C=CCCC(=O)N[C@@H](C)[C@H](OC(=O)[C@@H]1[C@H]2O[C@@]3(CC2Br)[C@H](C(=O)N(CC=C)c2ccc(Cl)cc2)N([C@@H](CO)Cc2ccccc2)C(=O)[C@@H]13)c1ccccc1. The average molecular weight is 819 g/mol. The summed E-state index contributed by atoms with van der Waals surface area (Å²) in [7, 11) is 0. The fraction of sp³-hybridized carbons (Fsp3) is 0.381. The van der Waals surface area contributed by atoms with Gasteiger partial charge in [0, 0.05) is 28.5 Å². The molecule has 0 radical (unpaired) electrons. The van der Waals surface area contributed by atoms with Gasteiger partial charge in [0.2, 0.25) is 11.8 Å². The minimum absolute atomic E-state index is 0.115. The number of nitrogens with one attached hydrogen (secondary N) is 1. The minimum atomic E-state index is -1.43. The lowest BCUT2D eigenvalue weighted by Gasteiger charge is -2.39. The number of benzene rings is 3. The van der Waals surface area contributed by atoms with Crippen molar-refractivity contribution in [2.24, 2.45) is 11.8 Å². The number of aliphatic hydroxyl groups excluding tert-OH is 1.